The Hall–Kier alpha value is -3.25. The molecule has 0 unspecified atom stereocenters. The normalized spacial score (nSPS) is 12.0. The summed E-state index contributed by atoms with van der Waals surface area (Å²) in [7, 11) is 0. The number of alkyl halides is 1. The Bertz CT molecular complexity index is 847. The van der Waals surface area contributed by atoms with Crippen molar-refractivity contribution in [3.05, 3.63) is 68.8 Å². The van der Waals surface area contributed by atoms with Gasteiger partial charge in [-0.3, -0.25) is 35.7 Å². The highest BCUT2D eigenvalue weighted by atomic mass is 79.9. The maximum Gasteiger partial charge on any atom is 0.269 e. The third kappa shape index (κ3) is 7.29. The lowest BCUT2D eigenvalue weighted by atomic mass is 10.3. The van der Waals surface area contributed by atoms with Crippen molar-refractivity contribution >= 4 is 45.0 Å². The van der Waals surface area contributed by atoms with Gasteiger partial charge in [-0.05, 0) is 24.3 Å². The van der Waals surface area contributed by atoms with E-state index in [1.807, 2.05) is 5.01 Å². The molecule has 2 aromatic rings. The van der Waals surface area contributed by atoms with E-state index in [-0.39, 0.29) is 18.8 Å². The van der Waals surface area contributed by atoms with Gasteiger partial charge in [0.2, 0.25) is 0 Å². The molecule has 1 heterocycles. The first-order valence-corrected chi connectivity index (χ1v) is 9.63. The average Bonchev–Trinajstić information content (AvgIpc) is 2.75. The van der Waals surface area contributed by atoms with Crippen LogP contribution in [0.5, 0.6) is 0 Å². The zero-order chi connectivity index (χ0) is 21.2. The molecule has 0 radical (unpaired) electrons. The van der Waals surface area contributed by atoms with Crippen LogP contribution >= 0.6 is 15.9 Å². The average molecular weight is 482 g/mol. The summed E-state index contributed by atoms with van der Waals surface area (Å²) in [5.74, 6) is 5.67. The number of benzene rings is 2. The van der Waals surface area contributed by atoms with E-state index >= 15 is 0 Å². The number of nitro groups is 2. The zero-order valence-corrected chi connectivity index (χ0v) is 16.9. The molecule has 0 saturated carbocycles. The predicted molar refractivity (Wildman–Crippen MR) is 122 cm³/mol. The van der Waals surface area contributed by atoms with E-state index in [0.29, 0.717) is 6.54 Å². The first kappa shape index (κ1) is 24.8. The number of hydrogen-bond donors (Lipinski definition) is 2. The van der Waals surface area contributed by atoms with Crippen LogP contribution < -0.4 is 21.3 Å². The molecule has 2 aromatic carbocycles. The van der Waals surface area contributed by atoms with Gasteiger partial charge in [-0.2, -0.15) is 0 Å². The summed E-state index contributed by atoms with van der Waals surface area (Å²) < 4.78 is 0. The number of anilines is 2. The molecule has 3 rings (SSSR count). The Labute approximate surface area is 182 Å². The summed E-state index contributed by atoms with van der Waals surface area (Å²) in [5, 5.41) is 25.0. The molecule has 0 saturated heterocycles. The lowest BCUT2D eigenvalue weighted by Gasteiger charge is -2.25. The van der Waals surface area contributed by atoms with Gasteiger partial charge < -0.3 is 5.01 Å². The second-order valence-corrected chi connectivity index (χ2v) is 6.54. The molecule has 0 bridgehead atoms. The molecular weight excluding hydrogens is 458 g/mol. The largest absolute Gasteiger partial charge is 0.310 e. The summed E-state index contributed by atoms with van der Waals surface area (Å²) >= 11 is 3.26. The molecule has 1 aliphatic rings. The molecule has 1 aliphatic heterocycles. The number of nitro benzene ring substituents is 2. The summed E-state index contributed by atoms with van der Waals surface area (Å²) in [5.41, 5.74) is 4.78. The minimum atomic E-state index is -0.435. The number of aliphatic imine (C=N–C) groups is 1. The van der Waals surface area contributed by atoms with Crippen LogP contribution in [0.25, 0.3) is 0 Å². The maximum absolute atomic E-state index is 10.4. The van der Waals surface area contributed by atoms with Crippen LogP contribution in [0.3, 0.4) is 0 Å². The summed E-state index contributed by atoms with van der Waals surface area (Å²) in [6.07, 6.45) is 1.62. The molecular formula is C18H24BrN7O4. The molecule has 12 heteroatoms. The van der Waals surface area contributed by atoms with Crippen LogP contribution in [0.15, 0.2) is 53.5 Å². The second kappa shape index (κ2) is 12.3. The van der Waals surface area contributed by atoms with E-state index < -0.39 is 9.85 Å². The lowest BCUT2D eigenvalue weighted by molar-refractivity contribution is -0.385. The number of non-ortho nitro benzene ring substituents is 2. The van der Waals surface area contributed by atoms with Crippen molar-refractivity contribution in [3.63, 3.8) is 0 Å². The molecule has 0 spiro atoms. The van der Waals surface area contributed by atoms with E-state index in [2.05, 4.69) is 26.3 Å². The highest BCUT2D eigenvalue weighted by Gasteiger charge is 2.10. The van der Waals surface area contributed by atoms with Crippen LogP contribution in [0.1, 0.15) is 7.43 Å². The van der Waals surface area contributed by atoms with Crippen molar-refractivity contribution in [2.45, 2.75) is 7.43 Å². The Morgan fingerprint density at radius 3 is 2.03 bits per heavy atom. The Morgan fingerprint density at radius 1 is 1.07 bits per heavy atom. The van der Waals surface area contributed by atoms with Gasteiger partial charge >= 0.3 is 0 Å². The van der Waals surface area contributed by atoms with Crippen LogP contribution in [0.2, 0.25) is 0 Å². The van der Waals surface area contributed by atoms with Crippen LogP contribution in [-0.2, 0) is 0 Å². The number of hydrazine groups is 2. The maximum atomic E-state index is 10.4. The van der Waals surface area contributed by atoms with Gasteiger partial charge in [-0.15, -0.1) is 0 Å². The molecule has 0 amide bonds. The first-order chi connectivity index (χ1) is 13.9. The fourth-order valence-corrected chi connectivity index (χ4v) is 2.72. The van der Waals surface area contributed by atoms with Gasteiger partial charge in [0.15, 0.2) is 0 Å². The summed E-state index contributed by atoms with van der Waals surface area (Å²) in [6.45, 7) is 2.14. The van der Waals surface area contributed by atoms with E-state index in [1.165, 1.54) is 29.3 Å². The molecule has 0 aliphatic carbocycles. The van der Waals surface area contributed by atoms with Gasteiger partial charge in [-0.25, -0.2) is 5.84 Å². The molecule has 3 N–H and O–H groups in total. The van der Waals surface area contributed by atoms with E-state index in [0.717, 1.165) is 29.8 Å². The van der Waals surface area contributed by atoms with Crippen molar-refractivity contribution in [2.24, 2.45) is 10.8 Å². The van der Waals surface area contributed by atoms with Crippen molar-refractivity contribution < 1.29 is 9.85 Å². The number of rotatable bonds is 6. The first-order valence-electron chi connectivity index (χ1n) is 8.51. The number of nitrogens with one attached hydrogen (secondary N) is 1. The second-order valence-electron chi connectivity index (χ2n) is 5.75. The van der Waals surface area contributed by atoms with Crippen LogP contribution in [0, 0.1) is 20.2 Å². The highest BCUT2D eigenvalue weighted by Crippen LogP contribution is 2.18. The third-order valence-corrected chi connectivity index (χ3v) is 4.20. The van der Waals surface area contributed by atoms with E-state index in [4.69, 9.17) is 5.84 Å². The molecule has 0 atom stereocenters. The fourth-order valence-electron chi connectivity index (χ4n) is 2.34. The number of hydrogen-bond acceptors (Lipinski definition) is 9. The van der Waals surface area contributed by atoms with Gasteiger partial charge in [-0.1, -0.05) is 23.4 Å². The molecule has 162 valence electrons. The highest BCUT2D eigenvalue weighted by molar-refractivity contribution is 9.09. The molecule has 11 nitrogen and oxygen atoms in total. The fraction of sp³-hybridized carbons (Fsp3) is 0.278. The monoisotopic (exact) mass is 481 g/mol. The summed E-state index contributed by atoms with van der Waals surface area (Å²) in [6, 6.07) is 12.5. The molecule has 0 aromatic heterocycles. The van der Waals surface area contributed by atoms with E-state index in [9.17, 15) is 20.2 Å². The quantitative estimate of drug-likeness (QED) is 0.276. The van der Waals surface area contributed by atoms with Crippen LogP contribution in [0.4, 0.5) is 22.7 Å². The summed E-state index contributed by atoms with van der Waals surface area (Å²) in [4.78, 5) is 24.0. The molecule has 0 fully saturated rings. The minimum absolute atomic E-state index is 0. The Morgan fingerprint density at radius 2 is 1.60 bits per heavy atom. The topological polar surface area (TPSA) is 143 Å². The van der Waals surface area contributed by atoms with Crippen molar-refractivity contribution in [2.75, 3.05) is 35.0 Å². The van der Waals surface area contributed by atoms with Crippen molar-refractivity contribution in [1.82, 2.24) is 5.43 Å². The van der Waals surface area contributed by atoms with Crippen LogP contribution in [-0.4, -0.2) is 41.1 Å². The predicted octanol–water partition coefficient (Wildman–Crippen LogP) is 3.25. The molecule has 30 heavy (non-hydrogen) atoms. The number of nitrogens with zero attached hydrogens (tertiary/aromatic N) is 5. The Kier molecular flexibility index (Phi) is 10.2. The van der Waals surface area contributed by atoms with Gasteiger partial charge in [0.05, 0.1) is 34.3 Å². The third-order valence-electron chi connectivity index (χ3n) is 3.85. The van der Waals surface area contributed by atoms with Crippen molar-refractivity contribution in [3.8, 4) is 0 Å². The number of halogens is 1. The van der Waals surface area contributed by atoms with Crippen molar-refractivity contribution in [1.29, 1.82) is 0 Å². The Balaban J connectivity index is 0.000000291. The smallest absolute Gasteiger partial charge is 0.269 e. The van der Waals surface area contributed by atoms with Gasteiger partial charge in [0, 0.05) is 36.1 Å². The zero-order valence-electron chi connectivity index (χ0n) is 15.3. The van der Waals surface area contributed by atoms with Gasteiger partial charge in [0.1, 0.15) is 6.34 Å². The number of nitrogens with two attached hydrogens (primary N) is 1. The SMILES string of the molecule is C.NN(CCBr)c1ccc([N+](=O)[O-])cc1.O=[N+]([O-])c1ccc(N2CCN=CN2)cc1. The standard InChI is InChI=1S/C9H10N4O2.C8H10BrN3O2.CH4/c14-13(15)9-3-1-8(2-4-9)12-6-5-10-7-11-12;9-5-6-11(10)7-1-3-8(4-2-7)12(13)14;/h1-4,7H,5-6H2,(H,10,11);1-4H,5-6,10H2;1H4. The minimum Gasteiger partial charge on any atom is -0.310 e. The lowest BCUT2D eigenvalue weighted by Crippen LogP contribution is -2.42. The van der Waals surface area contributed by atoms with E-state index in [1.54, 1.807) is 30.6 Å². The van der Waals surface area contributed by atoms with Gasteiger partial charge in [0.25, 0.3) is 11.4 Å².